The molecular formula is C29H34F9NO4. The van der Waals surface area contributed by atoms with Crippen LogP contribution in [0.25, 0.3) is 0 Å². The molecule has 242 valence electrons. The molecule has 0 aliphatic carbocycles. The lowest BCUT2D eigenvalue weighted by molar-refractivity contribution is -0.396. The van der Waals surface area contributed by atoms with Crippen molar-refractivity contribution < 1.29 is 58.9 Å². The summed E-state index contributed by atoms with van der Waals surface area (Å²) in [6, 6.07) is 14.4. The van der Waals surface area contributed by atoms with Gasteiger partial charge in [-0.2, -0.15) is 39.5 Å². The Labute approximate surface area is 243 Å². The molecule has 0 fully saturated rings. The number of hydrogen-bond acceptors (Lipinski definition) is 4. The molecule has 1 amide bonds. The molecule has 0 spiro atoms. The van der Waals surface area contributed by atoms with Crippen molar-refractivity contribution in [2.75, 3.05) is 20.3 Å². The zero-order valence-electron chi connectivity index (χ0n) is 23.7. The number of amides is 1. The van der Waals surface area contributed by atoms with Crippen LogP contribution in [0.4, 0.5) is 39.5 Å². The Bertz CT molecular complexity index is 1140. The van der Waals surface area contributed by atoms with Gasteiger partial charge in [0.15, 0.2) is 0 Å². The summed E-state index contributed by atoms with van der Waals surface area (Å²) in [7, 11) is 1.62. The van der Waals surface area contributed by atoms with Crippen molar-refractivity contribution in [1.29, 1.82) is 0 Å². The molecule has 0 saturated heterocycles. The fraction of sp³-hybridized carbons (Fsp3) is 0.552. The van der Waals surface area contributed by atoms with Gasteiger partial charge < -0.3 is 19.5 Å². The third-order valence-electron chi connectivity index (χ3n) is 6.98. The third kappa shape index (κ3) is 9.01. The summed E-state index contributed by atoms with van der Waals surface area (Å²) in [5.74, 6) is -19.6. The summed E-state index contributed by atoms with van der Waals surface area (Å²) in [6.07, 6.45) is -10.2. The molecule has 0 radical (unpaired) electrons. The molecule has 0 aliphatic heterocycles. The van der Waals surface area contributed by atoms with Crippen LogP contribution in [0.15, 0.2) is 54.6 Å². The van der Waals surface area contributed by atoms with Gasteiger partial charge in [0.25, 0.3) is 0 Å². The maximum absolute atomic E-state index is 13.6. The number of carbonyl (C=O) groups excluding carboxylic acids is 1. The average Bonchev–Trinajstić information content (AvgIpc) is 2.96. The number of ether oxygens (including phenoxy) is 2. The maximum atomic E-state index is 13.6. The van der Waals surface area contributed by atoms with Crippen molar-refractivity contribution in [1.82, 2.24) is 4.90 Å². The highest BCUT2D eigenvalue weighted by atomic mass is 19.4. The number of carbonyl (C=O) groups is 1. The Morgan fingerprint density at radius 1 is 0.860 bits per heavy atom. The molecule has 0 saturated carbocycles. The number of halogens is 9. The van der Waals surface area contributed by atoms with Crippen LogP contribution in [0.5, 0.6) is 5.75 Å². The van der Waals surface area contributed by atoms with Crippen molar-refractivity contribution in [3.8, 4) is 5.75 Å². The van der Waals surface area contributed by atoms with Gasteiger partial charge >= 0.3 is 23.9 Å². The predicted molar refractivity (Wildman–Crippen MR) is 139 cm³/mol. The summed E-state index contributed by atoms with van der Waals surface area (Å²) >= 11 is 0. The standard InChI is InChI=1S/C29H34F9NO4/c1-19(25(41)39(3)20(2)24(40)22-8-5-4-6-9-22)14-17-42-18-21-10-12-23(13-11-21)43-16-7-15-26(30,31)27(32,33)28(34,35)29(36,37)38/h4-6,8-13,19-20,24,40H,7,14-18H2,1-3H3/t19-,20+,24-/m1/s1. The van der Waals surface area contributed by atoms with E-state index in [9.17, 15) is 49.4 Å². The van der Waals surface area contributed by atoms with E-state index in [1.807, 2.05) is 6.07 Å². The van der Waals surface area contributed by atoms with E-state index in [0.29, 0.717) is 17.5 Å². The number of nitrogens with zero attached hydrogens (tertiary/aromatic N) is 1. The highest BCUT2D eigenvalue weighted by Crippen LogP contribution is 2.54. The van der Waals surface area contributed by atoms with Crippen LogP contribution in [0.2, 0.25) is 0 Å². The largest absolute Gasteiger partial charge is 0.494 e. The second kappa shape index (κ2) is 14.7. The molecule has 0 aliphatic rings. The number of likely N-dealkylation sites (N-methyl/N-ethyl adjacent to an activating group) is 1. The number of alkyl halides is 9. The normalized spacial score (nSPS) is 15.1. The van der Waals surface area contributed by atoms with Crippen molar-refractivity contribution >= 4 is 5.91 Å². The number of rotatable bonds is 16. The van der Waals surface area contributed by atoms with E-state index in [4.69, 9.17) is 9.47 Å². The Hall–Kier alpha value is -3.00. The monoisotopic (exact) mass is 631 g/mol. The molecule has 14 heteroatoms. The minimum atomic E-state index is -6.91. The van der Waals surface area contributed by atoms with E-state index in [-0.39, 0.29) is 24.9 Å². The molecule has 2 aromatic rings. The fourth-order valence-corrected chi connectivity index (χ4v) is 3.99. The highest BCUT2D eigenvalue weighted by Gasteiger charge is 2.81. The maximum Gasteiger partial charge on any atom is 0.460 e. The third-order valence-corrected chi connectivity index (χ3v) is 6.98. The van der Waals surface area contributed by atoms with Crippen molar-refractivity contribution in [2.24, 2.45) is 5.92 Å². The number of hydrogen-bond donors (Lipinski definition) is 1. The summed E-state index contributed by atoms with van der Waals surface area (Å²) in [5, 5.41) is 10.6. The lowest BCUT2D eigenvalue weighted by Crippen LogP contribution is -2.60. The molecule has 43 heavy (non-hydrogen) atoms. The first-order valence-electron chi connectivity index (χ1n) is 13.3. The molecule has 5 nitrogen and oxygen atoms in total. The number of aliphatic hydroxyl groups excluding tert-OH is 1. The summed E-state index contributed by atoms with van der Waals surface area (Å²) in [6.45, 7) is 3.24. The molecule has 3 atom stereocenters. The SMILES string of the molecule is C[C@H](CCOCc1ccc(OCCCC(F)(F)C(F)(F)C(F)(F)C(F)(F)F)cc1)C(=O)N(C)[C@@H](C)[C@@H](O)c1ccccc1. The molecule has 0 heterocycles. The van der Waals surface area contributed by atoms with Crippen LogP contribution in [0, 0.1) is 5.92 Å². The van der Waals surface area contributed by atoms with Crippen molar-refractivity contribution in [3.05, 3.63) is 65.7 Å². The predicted octanol–water partition coefficient (Wildman–Crippen LogP) is 7.44. The second-order valence-corrected chi connectivity index (χ2v) is 10.2. The van der Waals surface area contributed by atoms with Gasteiger partial charge in [-0.15, -0.1) is 0 Å². The van der Waals surface area contributed by atoms with E-state index in [0.717, 1.165) is 0 Å². The van der Waals surface area contributed by atoms with Crippen LogP contribution < -0.4 is 4.74 Å². The molecule has 0 bridgehead atoms. The zero-order valence-corrected chi connectivity index (χ0v) is 23.7. The van der Waals surface area contributed by atoms with Crippen LogP contribution in [0.1, 0.15) is 50.3 Å². The molecule has 0 unspecified atom stereocenters. The van der Waals surface area contributed by atoms with Crippen LogP contribution in [-0.2, 0) is 16.1 Å². The first kappa shape index (κ1) is 36.2. The Balaban J connectivity index is 1.74. The van der Waals surface area contributed by atoms with Crippen LogP contribution in [0.3, 0.4) is 0 Å². The average molecular weight is 632 g/mol. The molecule has 2 aromatic carbocycles. The second-order valence-electron chi connectivity index (χ2n) is 10.2. The summed E-state index contributed by atoms with van der Waals surface area (Å²) in [5.41, 5.74) is 1.36. The van der Waals surface area contributed by atoms with E-state index in [2.05, 4.69) is 0 Å². The smallest absolute Gasteiger partial charge is 0.460 e. The Morgan fingerprint density at radius 3 is 2.00 bits per heavy atom. The van der Waals surface area contributed by atoms with Crippen LogP contribution in [-0.4, -0.2) is 66.2 Å². The number of benzene rings is 2. The first-order chi connectivity index (χ1) is 19.8. The van der Waals surface area contributed by atoms with Crippen LogP contribution >= 0.6 is 0 Å². The Kier molecular flexibility index (Phi) is 12.3. The van der Waals surface area contributed by atoms with Gasteiger partial charge in [-0.05, 0) is 43.0 Å². The van der Waals surface area contributed by atoms with Gasteiger partial charge in [0.2, 0.25) is 5.91 Å². The lowest BCUT2D eigenvalue weighted by Gasteiger charge is -2.33. The fourth-order valence-electron chi connectivity index (χ4n) is 3.99. The molecule has 2 rings (SSSR count). The quantitative estimate of drug-likeness (QED) is 0.155. The Morgan fingerprint density at radius 2 is 1.44 bits per heavy atom. The molecular weight excluding hydrogens is 597 g/mol. The molecule has 1 N–H and O–H groups in total. The minimum Gasteiger partial charge on any atom is -0.494 e. The van der Waals surface area contributed by atoms with Crippen molar-refractivity contribution in [2.45, 2.75) is 75.8 Å². The molecule has 0 aromatic heterocycles. The first-order valence-corrected chi connectivity index (χ1v) is 13.3. The van der Waals surface area contributed by atoms with Gasteiger partial charge in [-0.3, -0.25) is 4.79 Å². The zero-order chi connectivity index (χ0) is 32.6. The topological polar surface area (TPSA) is 59.0 Å². The van der Waals surface area contributed by atoms with Gasteiger partial charge in [0.1, 0.15) is 5.75 Å². The minimum absolute atomic E-state index is 0.119. The summed E-state index contributed by atoms with van der Waals surface area (Å²) in [4.78, 5) is 14.3. The van der Waals surface area contributed by atoms with Gasteiger partial charge in [0, 0.05) is 26.0 Å². The van der Waals surface area contributed by atoms with E-state index in [1.165, 1.54) is 17.0 Å². The number of aliphatic hydroxyl groups is 1. The van der Waals surface area contributed by atoms with Crippen molar-refractivity contribution in [3.63, 3.8) is 0 Å². The highest BCUT2D eigenvalue weighted by molar-refractivity contribution is 5.78. The van der Waals surface area contributed by atoms with Gasteiger partial charge in [-0.25, -0.2) is 0 Å². The van der Waals surface area contributed by atoms with E-state index < -0.39 is 61.5 Å². The lowest BCUT2D eigenvalue weighted by atomic mass is 10.00. The van der Waals surface area contributed by atoms with E-state index in [1.54, 1.807) is 57.3 Å². The summed E-state index contributed by atoms with van der Waals surface area (Å²) < 4.78 is 127. The van der Waals surface area contributed by atoms with E-state index >= 15 is 0 Å². The van der Waals surface area contributed by atoms with Gasteiger partial charge in [-0.1, -0.05) is 49.4 Å². The van der Waals surface area contributed by atoms with Gasteiger partial charge in [0.05, 0.1) is 25.4 Å².